The van der Waals surface area contributed by atoms with Gasteiger partial charge in [-0.25, -0.2) is 9.67 Å². The van der Waals surface area contributed by atoms with E-state index < -0.39 is 0 Å². The highest BCUT2D eigenvalue weighted by Gasteiger charge is 2.34. The SMILES string of the molecule is CN=C(NCC1(c2ccc(OC)cc2)CCCCC1)NC1CCc2nc(COC)nn2C1. The Labute approximate surface area is 190 Å². The molecule has 2 N–H and O–H groups in total. The van der Waals surface area contributed by atoms with Crippen molar-refractivity contribution >= 4 is 5.96 Å². The van der Waals surface area contributed by atoms with Crippen LogP contribution in [0, 0.1) is 0 Å². The van der Waals surface area contributed by atoms with Crippen LogP contribution in [0.4, 0.5) is 0 Å². The maximum absolute atomic E-state index is 5.37. The first kappa shape index (κ1) is 22.6. The van der Waals surface area contributed by atoms with Crippen molar-refractivity contribution in [3.8, 4) is 5.75 Å². The summed E-state index contributed by atoms with van der Waals surface area (Å²) >= 11 is 0. The van der Waals surface area contributed by atoms with Crippen molar-refractivity contribution in [2.75, 3.05) is 27.8 Å². The van der Waals surface area contributed by atoms with Gasteiger partial charge in [0.1, 0.15) is 18.2 Å². The third-order valence-electron chi connectivity index (χ3n) is 6.85. The summed E-state index contributed by atoms with van der Waals surface area (Å²) in [6.45, 7) is 2.11. The van der Waals surface area contributed by atoms with E-state index in [4.69, 9.17) is 9.47 Å². The molecule has 2 aliphatic rings. The minimum atomic E-state index is 0.128. The number of aromatic nitrogens is 3. The number of nitrogens with one attached hydrogen (secondary N) is 2. The fourth-order valence-corrected chi connectivity index (χ4v) is 5.05. The largest absolute Gasteiger partial charge is 0.497 e. The first-order valence-electron chi connectivity index (χ1n) is 11.7. The molecule has 0 amide bonds. The van der Waals surface area contributed by atoms with Crippen molar-refractivity contribution in [1.82, 2.24) is 25.4 Å². The molecule has 2 aromatic rings. The molecule has 8 heteroatoms. The molecule has 1 saturated carbocycles. The molecule has 174 valence electrons. The molecule has 8 nitrogen and oxygen atoms in total. The monoisotopic (exact) mass is 440 g/mol. The molecule has 0 bridgehead atoms. The van der Waals surface area contributed by atoms with E-state index in [2.05, 4.69) is 50.0 Å². The number of hydrogen-bond acceptors (Lipinski definition) is 5. The molecule has 0 spiro atoms. The summed E-state index contributed by atoms with van der Waals surface area (Å²) in [5, 5.41) is 11.8. The lowest BCUT2D eigenvalue weighted by molar-refractivity contribution is 0.177. The van der Waals surface area contributed by atoms with Gasteiger partial charge in [-0.2, -0.15) is 5.10 Å². The van der Waals surface area contributed by atoms with Crippen LogP contribution in [0.2, 0.25) is 0 Å². The Morgan fingerprint density at radius 1 is 1.19 bits per heavy atom. The number of aryl methyl sites for hydroxylation is 1. The van der Waals surface area contributed by atoms with E-state index in [1.165, 1.54) is 37.7 Å². The molecule has 4 rings (SSSR count). The predicted octanol–water partition coefficient (Wildman–Crippen LogP) is 2.82. The first-order chi connectivity index (χ1) is 15.7. The lowest BCUT2D eigenvalue weighted by atomic mass is 9.69. The lowest BCUT2D eigenvalue weighted by Crippen LogP contribution is -2.51. The molecule has 0 saturated heterocycles. The fourth-order valence-electron chi connectivity index (χ4n) is 5.05. The van der Waals surface area contributed by atoms with Crippen molar-refractivity contribution in [1.29, 1.82) is 0 Å². The van der Waals surface area contributed by atoms with E-state index in [1.807, 2.05) is 11.7 Å². The number of fused-ring (bicyclic) bond motifs is 1. The van der Waals surface area contributed by atoms with Crippen LogP contribution in [0.25, 0.3) is 0 Å². The number of aliphatic imine (C=N–C) groups is 1. The summed E-state index contributed by atoms with van der Waals surface area (Å²) < 4.78 is 12.5. The van der Waals surface area contributed by atoms with Gasteiger partial charge in [0.25, 0.3) is 0 Å². The number of ether oxygens (including phenoxy) is 2. The van der Waals surface area contributed by atoms with Crippen molar-refractivity contribution in [3.05, 3.63) is 41.5 Å². The van der Waals surface area contributed by atoms with Gasteiger partial charge in [0, 0.05) is 38.6 Å². The van der Waals surface area contributed by atoms with Gasteiger partial charge in [-0.15, -0.1) is 0 Å². The third-order valence-corrected chi connectivity index (χ3v) is 6.85. The van der Waals surface area contributed by atoms with Crippen LogP contribution in [0.15, 0.2) is 29.3 Å². The topological polar surface area (TPSA) is 85.6 Å². The van der Waals surface area contributed by atoms with Crippen LogP contribution in [-0.4, -0.2) is 54.6 Å². The number of hydrogen-bond donors (Lipinski definition) is 2. The van der Waals surface area contributed by atoms with Gasteiger partial charge >= 0.3 is 0 Å². The highest BCUT2D eigenvalue weighted by molar-refractivity contribution is 5.80. The third kappa shape index (κ3) is 5.06. The molecule has 1 atom stereocenters. The van der Waals surface area contributed by atoms with Crippen molar-refractivity contribution in [2.24, 2.45) is 4.99 Å². The molecule has 1 aliphatic carbocycles. The number of benzene rings is 1. The zero-order valence-electron chi connectivity index (χ0n) is 19.6. The van der Waals surface area contributed by atoms with Gasteiger partial charge in [-0.05, 0) is 37.0 Å². The van der Waals surface area contributed by atoms with E-state index in [-0.39, 0.29) is 11.5 Å². The number of guanidine groups is 1. The molecule has 1 aliphatic heterocycles. The van der Waals surface area contributed by atoms with Gasteiger partial charge in [0.15, 0.2) is 11.8 Å². The second-order valence-corrected chi connectivity index (χ2v) is 8.93. The summed E-state index contributed by atoms with van der Waals surface area (Å²) in [6, 6.07) is 8.89. The van der Waals surface area contributed by atoms with E-state index in [9.17, 15) is 0 Å². The zero-order chi connectivity index (χ0) is 22.4. The van der Waals surface area contributed by atoms with E-state index >= 15 is 0 Å². The normalized spacial score (nSPS) is 20.5. The average molecular weight is 441 g/mol. The van der Waals surface area contributed by atoms with Crippen LogP contribution in [-0.2, 0) is 29.7 Å². The second-order valence-electron chi connectivity index (χ2n) is 8.93. The van der Waals surface area contributed by atoms with Gasteiger partial charge in [-0.3, -0.25) is 4.99 Å². The number of methoxy groups -OCH3 is 2. The number of rotatable bonds is 7. The predicted molar refractivity (Wildman–Crippen MR) is 125 cm³/mol. The summed E-state index contributed by atoms with van der Waals surface area (Å²) in [4.78, 5) is 9.09. The molecule has 0 radical (unpaired) electrons. The summed E-state index contributed by atoms with van der Waals surface area (Å²) in [5.41, 5.74) is 1.51. The van der Waals surface area contributed by atoms with Crippen molar-refractivity contribution < 1.29 is 9.47 Å². The second kappa shape index (κ2) is 10.3. The molecule has 1 unspecified atom stereocenters. The lowest BCUT2D eigenvalue weighted by Gasteiger charge is -2.39. The Balaban J connectivity index is 1.40. The molecule has 32 heavy (non-hydrogen) atoms. The molecule has 1 aromatic carbocycles. The molecule has 1 aromatic heterocycles. The minimum absolute atomic E-state index is 0.128. The minimum Gasteiger partial charge on any atom is -0.497 e. The zero-order valence-corrected chi connectivity index (χ0v) is 19.6. The summed E-state index contributed by atoms with van der Waals surface area (Å²) in [7, 11) is 5.23. The Morgan fingerprint density at radius 2 is 1.97 bits per heavy atom. The Hall–Kier alpha value is -2.61. The van der Waals surface area contributed by atoms with Crippen LogP contribution in [0.5, 0.6) is 5.75 Å². The Morgan fingerprint density at radius 3 is 2.66 bits per heavy atom. The fraction of sp³-hybridized carbons (Fsp3) is 0.625. The molecule has 1 fully saturated rings. The maximum atomic E-state index is 5.37. The molecule has 2 heterocycles. The number of nitrogens with zero attached hydrogens (tertiary/aromatic N) is 4. The maximum Gasteiger partial charge on any atom is 0.191 e. The van der Waals surface area contributed by atoms with Gasteiger partial charge in [0.05, 0.1) is 13.7 Å². The van der Waals surface area contributed by atoms with Crippen LogP contribution < -0.4 is 15.4 Å². The Kier molecular flexibility index (Phi) is 7.29. The van der Waals surface area contributed by atoms with Gasteiger partial charge in [-0.1, -0.05) is 31.4 Å². The average Bonchev–Trinajstić information content (AvgIpc) is 3.24. The van der Waals surface area contributed by atoms with Crippen LogP contribution >= 0.6 is 0 Å². The molecular formula is C24H36N6O2. The van der Waals surface area contributed by atoms with Gasteiger partial charge < -0.3 is 20.1 Å². The first-order valence-corrected chi connectivity index (χ1v) is 11.7. The van der Waals surface area contributed by atoms with E-state index in [1.54, 1.807) is 14.2 Å². The van der Waals surface area contributed by atoms with E-state index in [0.717, 1.165) is 49.3 Å². The highest BCUT2D eigenvalue weighted by Crippen LogP contribution is 2.39. The van der Waals surface area contributed by atoms with Crippen LogP contribution in [0.3, 0.4) is 0 Å². The smallest absolute Gasteiger partial charge is 0.191 e. The standard InChI is InChI=1S/C24H36N6O2/c1-25-23(27-19-9-12-22-28-21(16-31-2)29-30(22)15-19)26-17-24(13-5-4-6-14-24)18-7-10-20(32-3)11-8-18/h7-8,10-11,19H,4-6,9,12-17H2,1-3H3,(H2,25,26,27). The summed E-state index contributed by atoms with van der Waals surface area (Å²) in [5.74, 6) is 3.56. The highest BCUT2D eigenvalue weighted by atomic mass is 16.5. The van der Waals surface area contributed by atoms with Crippen LogP contribution in [0.1, 0.15) is 55.7 Å². The van der Waals surface area contributed by atoms with Gasteiger partial charge in [0.2, 0.25) is 0 Å². The quantitative estimate of drug-likeness (QED) is 0.509. The van der Waals surface area contributed by atoms with E-state index in [0.29, 0.717) is 6.61 Å². The van der Waals surface area contributed by atoms with Crippen molar-refractivity contribution in [2.45, 2.75) is 69.6 Å². The Bertz CT molecular complexity index is 902. The van der Waals surface area contributed by atoms with Crippen molar-refractivity contribution in [3.63, 3.8) is 0 Å². The summed E-state index contributed by atoms with van der Waals surface area (Å²) in [6.07, 6.45) is 8.14. The molecular weight excluding hydrogens is 404 g/mol.